The first-order valence-electron chi connectivity index (χ1n) is 9.40. The molecule has 3 aromatic carbocycles. The standard InChI is InChI=1S/C24H19ClN4O/c1-16-4-2-5-17(12-16)19-14-26-24(27-15-19)29-22-7-3-6-18(13-22)23(30)28-21-10-8-20(25)9-11-21/h2-15H,1H3,(H,28,30)(H,26,27,29). The van der Waals surface area contributed by atoms with E-state index in [0.29, 0.717) is 22.2 Å². The molecule has 0 fully saturated rings. The summed E-state index contributed by atoms with van der Waals surface area (Å²) in [6.45, 7) is 2.05. The lowest BCUT2D eigenvalue weighted by atomic mass is 10.1. The third-order valence-electron chi connectivity index (χ3n) is 4.49. The van der Waals surface area contributed by atoms with Gasteiger partial charge in [-0.15, -0.1) is 0 Å². The van der Waals surface area contributed by atoms with Crippen molar-refractivity contribution in [3.8, 4) is 11.1 Å². The minimum absolute atomic E-state index is 0.211. The summed E-state index contributed by atoms with van der Waals surface area (Å²) in [5.41, 5.74) is 5.12. The van der Waals surface area contributed by atoms with Crippen LogP contribution >= 0.6 is 11.6 Å². The lowest BCUT2D eigenvalue weighted by molar-refractivity contribution is 0.102. The number of rotatable bonds is 5. The van der Waals surface area contributed by atoms with Gasteiger partial charge in [-0.3, -0.25) is 4.79 Å². The quantitative estimate of drug-likeness (QED) is 0.414. The summed E-state index contributed by atoms with van der Waals surface area (Å²) in [4.78, 5) is 21.3. The number of anilines is 3. The van der Waals surface area contributed by atoms with E-state index in [9.17, 15) is 4.79 Å². The fourth-order valence-corrected chi connectivity index (χ4v) is 3.10. The number of benzene rings is 3. The van der Waals surface area contributed by atoms with Gasteiger partial charge >= 0.3 is 0 Å². The van der Waals surface area contributed by atoms with Crippen molar-refractivity contribution < 1.29 is 4.79 Å². The molecule has 0 saturated heterocycles. The van der Waals surface area contributed by atoms with Crippen LogP contribution in [0.4, 0.5) is 17.3 Å². The van der Waals surface area contributed by atoms with Gasteiger partial charge in [0, 0.05) is 39.9 Å². The van der Waals surface area contributed by atoms with Crippen molar-refractivity contribution in [2.24, 2.45) is 0 Å². The average molecular weight is 415 g/mol. The molecule has 2 N–H and O–H groups in total. The molecule has 4 rings (SSSR count). The Morgan fingerprint density at radius 1 is 0.833 bits per heavy atom. The molecule has 0 aliphatic rings. The topological polar surface area (TPSA) is 66.9 Å². The number of nitrogens with one attached hydrogen (secondary N) is 2. The van der Waals surface area contributed by atoms with E-state index in [0.717, 1.165) is 16.8 Å². The highest BCUT2D eigenvalue weighted by Crippen LogP contribution is 2.21. The van der Waals surface area contributed by atoms with Crippen LogP contribution in [0, 0.1) is 6.92 Å². The van der Waals surface area contributed by atoms with E-state index in [4.69, 9.17) is 11.6 Å². The minimum atomic E-state index is -0.211. The van der Waals surface area contributed by atoms with Crippen LogP contribution in [-0.4, -0.2) is 15.9 Å². The summed E-state index contributed by atoms with van der Waals surface area (Å²) in [6.07, 6.45) is 3.56. The van der Waals surface area contributed by atoms with E-state index in [1.807, 2.05) is 18.2 Å². The number of halogens is 1. The Morgan fingerprint density at radius 3 is 2.30 bits per heavy atom. The van der Waals surface area contributed by atoms with Crippen LogP contribution in [-0.2, 0) is 0 Å². The van der Waals surface area contributed by atoms with Gasteiger partial charge in [-0.2, -0.15) is 0 Å². The molecule has 0 saturated carbocycles. The van der Waals surface area contributed by atoms with Crippen molar-refractivity contribution in [2.45, 2.75) is 6.92 Å². The number of carbonyl (C=O) groups is 1. The third kappa shape index (κ3) is 4.82. The van der Waals surface area contributed by atoms with Gasteiger partial charge in [0.15, 0.2) is 0 Å². The molecule has 30 heavy (non-hydrogen) atoms. The van der Waals surface area contributed by atoms with Crippen LogP contribution in [0.2, 0.25) is 5.02 Å². The molecule has 1 heterocycles. The molecule has 4 aromatic rings. The number of nitrogens with zero attached hydrogens (tertiary/aromatic N) is 2. The largest absolute Gasteiger partial charge is 0.324 e. The fraction of sp³-hybridized carbons (Fsp3) is 0.0417. The summed E-state index contributed by atoms with van der Waals surface area (Å²) >= 11 is 5.88. The molecule has 5 nitrogen and oxygen atoms in total. The van der Waals surface area contributed by atoms with Gasteiger partial charge in [0.05, 0.1) is 0 Å². The summed E-state index contributed by atoms with van der Waals surface area (Å²) in [6, 6.07) is 22.3. The smallest absolute Gasteiger partial charge is 0.255 e. The van der Waals surface area contributed by atoms with Crippen molar-refractivity contribution in [3.63, 3.8) is 0 Å². The van der Waals surface area contributed by atoms with E-state index in [1.165, 1.54) is 5.56 Å². The number of aromatic nitrogens is 2. The van der Waals surface area contributed by atoms with Crippen LogP contribution in [0.5, 0.6) is 0 Å². The Balaban J connectivity index is 1.46. The second-order valence-corrected chi connectivity index (χ2v) is 7.27. The molecule has 1 aromatic heterocycles. The van der Waals surface area contributed by atoms with Crippen LogP contribution in [0.25, 0.3) is 11.1 Å². The maximum Gasteiger partial charge on any atom is 0.255 e. The highest BCUT2D eigenvalue weighted by atomic mass is 35.5. The summed E-state index contributed by atoms with van der Waals surface area (Å²) in [5, 5.41) is 6.61. The highest BCUT2D eigenvalue weighted by molar-refractivity contribution is 6.30. The molecule has 148 valence electrons. The number of hydrogen-bond donors (Lipinski definition) is 2. The van der Waals surface area contributed by atoms with Crippen molar-refractivity contribution in [1.82, 2.24) is 9.97 Å². The predicted octanol–water partition coefficient (Wildman–Crippen LogP) is 6.10. The zero-order chi connectivity index (χ0) is 20.9. The minimum Gasteiger partial charge on any atom is -0.324 e. The van der Waals surface area contributed by atoms with Gasteiger partial charge in [-0.1, -0.05) is 47.5 Å². The van der Waals surface area contributed by atoms with E-state index in [2.05, 4.69) is 39.7 Å². The second-order valence-electron chi connectivity index (χ2n) is 6.83. The van der Waals surface area contributed by atoms with Crippen LogP contribution in [0.1, 0.15) is 15.9 Å². The number of carbonyl (C=O) groups excluding carboxylic acids is 1. The van der Waals surface area contributed by atoms with Gasteiger partial charge in [0.25, 0.3) is 5.91 Å². The van der Waals surface area contributed by atoms with Gasteiger partial charge in [-0.25, -0.2) is 9.97 Å². The SMILES string of the molecule is Cc1cccc(-c2cnc(Nc3cccc(C(=O)Nc4ccc(Cl)cc4)c3)nc2)c1. The van der Waals surface area contributed by atoms with Gasteiger partial charge in [0.2, 0.25) is 5.95 Å². The summed E-state index contributed by atoms with van der Waals surface area (Å²) in [7, 11) is 0. The van der Waals surface area contributed by atoms with E-state index >= 15 is 0 Å². The van der Waals surface area contributed by atoms with E-state index in [1.54, 1.807) is 54.9 Å². The Labute approximate surface area is 179 Å². The molecule has 0 radical (unpaired) electrons. The van der Waals surface area contributed by atoms with Gasteiger partial charge < -0.3 is 10.6 Å². The van der Waals surface area contributed by atoms with Crippen LogP contribution in [0.15, 0.2) is 85.2 Å². The molecule has 6 heteroatoms. The molecular weight excluding hydrogens is 396 g/mol. The maximum absolute atomic E-state index is 12.5. The summed E-state index contributed by atoms with van der Waals surface area (Å²) < 4.78 is 0. The first-order valence-corrected chi connectivity index (χ1v) is 9.78. The number of aryl methyl sites for hydroxylation is 1. The van der Waals surface area contributed by atoms with Crippen molar-refractivity contribution in [3.05, 3.63) is 101 Å². The lowest BCUT2D eigenvalue weighted by Gasteiger charge is -2.09. The van der Waals surface area contributed by atoms with Crippen molar-refractivity contribution in [1.29, 1.82) is 0 Å². The highest BCUT2D eigenvalue weighted by Gasteiger charge is 2.08. The molecule has 0 aliphatic heterocycles. The van der Waals surface area contributed by atoms with Gasteiger partial charge in [-0.05, 0) is 55.0 Å². The maximum atomic E-state index is 12.5. The van der Waals surface area contributed by atoms with E-state index < -0.39 is 0 Å². The lowest BCUT2D eigenvalue weighted by Crippen LogP contribution is -2.12. The fourth-order valence-electron chi connectivity index (χ4n) is 2.97. The molecule has 0 aliphatic carbocycles. The molecule has 0 bridgehead atoms. The second kappa shape index (κ2) is 8.76. The first-order chi connectivity index (χ1) is 14.6. The Morgan fingerprint density at radius 2 is 1.57 bits per heavy atom. The van der Waals surface area contributed by atoms with Gasteiger partial charge in [0.1, 0.15) is 0 Å². The van der Waals surface area contributed by atoms with Crippen molar-refractivity contribution >= 4 is 34.8 Å². The zero-order valence-corrected chi connectivity index (χ0v) is 17.0. The van der Waals surface area contributed by atoms with Crippen molar-refractivity contribution in [2.75, 3.05) is 10.6 Å². The molecule has 0 spiro atoms. The average Bonchev–Trinajstić information content (AvgIpc) is 2.76. The number of amides is 1. The third-order valence-corrected chi connectivity index (χ3v) is 4.74. The first kappa shape index (κ1) is 19.6. The zero-order valence-electron chi connectivity index (χ0n) is 16.3. The molecule has 0 atom stereocenters. The monoisotopic (exact) mass is 414 g/mol. The normalized spacial score (nSPS) is 10.5. The molecular formula is C24H19ClN4O. The molecule has 0 unspecified atom stereocenters. The number of hydrogen-bond acceptors (Lipinski definition) is 4. The van der Waals surface area contributed by atoms with Crippen LogP contribution in [0.3, 0.4) is 0 Å². The Hall–Kier alpha value is -3.70. The molecule has 1 amide bonds. The van der Waals surface area contributed by atoms with E-state index in [-0.39, 0.29) is 5.91 Å². The predicted molar refractivity (Wildman–Crippen MR) is 121 cm³/mol. The van der Waals surface area contributed by atoms with Crippen LogP contribution < -0.4 is 10.6 Å². The Bertz CT molecular complexity index is 1170. The summed E-state index contributed by atoms with van der Waals surface area (Å²) in [5.74, 6) is 0.248. The Kier molecular flexibility index (Phi) is 5.72.